The van der Waals surface area contributed by atoms with E-state index < -0.39 is 29.5 Å². The van der Waals surface area contributed by atoms with Crippen molar-refractivity contribution >= 4 is 43.5 Å². The largest absolute Gasteiger partial charge is 0.471 e. The summed E-state index contributed by atoms with van der Waals surface area (Å²) in [7, 11) is 0. The summed E-state index contributed by atoms with van der Waals surface area (Å²) in [5, 5.41) is 1.36. The van der Waals surface area contributed by atoms with Crippen molar-refractivity contribution in [2.75, 3.05) is 5.32 Å². The van der Waals surface area contributed by atoms with E-state index >= 15 is 0 Å². The summed E-state index contributed by atoms with van der Waals surface area (Å²) in [5.74, 6) is -2.36. The van der Waals surface area contributed by atoms with Gasteiger partial charge in [0.1, 0.15) is 0 Å². The molecule has 0 spiro atoms. The Kier molecular flexibility index (Phi) is 4.55. The van der Waals surface area contributed by atoms with Gasteiger partial charge in [0.15, 0.2) is 0 Å². The Morgan fingerprint density at radius 3 is 1.95 bits per heavy atom. The Labute approximate surface area is 119 Å². The van der Waals surface area contributed by atoms with Crippen LogP contribution < -0.4 is 5.32 Å². The van der Waals surface area contributed by atoms with Gasteiger partial charge in [0.25, 0.3) is 0 Å². The minimum Gasteiger partial charge on any atom is -0.317 e. The second-order valence-corrected chi connectivity index (χ2v) is 4.97. The van der Waals surface area contributed by atoms with Gasteiger partial charge in [-0.05, 0) is 28.1 Å². The number of hydrogen-bond donors (Lipinski definition) is 1. The van der Waals surface area contributed by atoms with Crippen LogP contribution in [-0.2, 0) is 11.0 Å². The molecule has 1 aromatic rings. The summed E-state index contributed by atoms with van der Waals surface area (Å²) in [6, 6.07) is 1.30. The average molecular weight is 415 g/mol. The molecule has 2 nitrogen and oxygen atoms in total. The highest BCUT2D eigenvalue weighted by Crippen LogP contribution is 2.39. The summed E-state index contributed by atoms with van der Waals surface area (Å²) < 4.78 is 73.2. The van der Waals surface area contributed by atoms with Gasteiger partial charge in [-0.25, -0.2) is 0 Å². The number of hydrogen-bond acceptors (Lipinski definition) is 1. The molecule has 1 N–H and O–H groups in total. The smallest absolute Gasteiger partial charge is 0.317 e. The fourth-order valence-corrected chi connectivity index (χ4v) is 2.37. The van der Waals surface area contributed by atoms with Crippen molar-refractivity contribution in [3.8, 4) is 0 Å². The predicted octanol–water partition coefficient (Wildman–Crippen LogP) is 4.73. The molecule has 0 saturated carbocycles. The normalized spacial score (nSPS) is 12.4. The van der Waals surface area contributed by atoms with E-state index in [9.17, 15) is 31.1 Å². The number of benzene rings is 1. The first-order valence-electron chi connectivity index (χ1n) is 4.37. The van der Waals surface area contributed by atoms with Crippen LogP contribution in [0.2, 0.25) is 0 Å². The highest BCUT2D eigenvalue weighted by molar-refractivity contribution is 9.11. The lowest BCUT2D eigenvalue weighted by Gasteiger charge is -2.14. The third kappa shape index (κ3) is 4.10. The second kappa shape index (κ2) is 5.31. The van der Waals surface area contributed by atoms with Crippen LogP contribution in [-0.4, -0.2) is 12.1 Å². The van der Waals surface area contributed by atoms with Crippen LogP contribution in [0, 0.1) is 0 Å². The Balaban J connectivity index is 3.20. The van der Waals surface area contributed by atoms with Gasteiger partial charge in [-0.2, -0.15) is 26.3 Å². The number of alkyl halides is 6. The fourth-order valence-electron chi connectivity index (χ4n) is 1.06. The van der Waals surface area contributed by atoms with Gasteiger partial charge in [0.2, 0.25) is 0 Å². The summed E-state index contributed by atoms with van der Waals surface area (Å²) in [5.41, 5.74) is -1.83. The molecule has 0 aliphatic carbocycles. The van der Waals surface area contributed by atoms with Gasteiger partial charge < -0.3 is 5.32 Å². The Bertz CT molecular complexity index is 511. The van der Waals surface area contributed by atoms with Crippen LogP contribution in [0.25, 0.3) is 0 Å². The standard InChI is InChI=1S/C9H3Br2F6NO/c10-4-2-5(11)6(1-3(4)8(12,13)14)18-7(19)9(15,16)17/h1-2H,(H,18,19). The van der Waals surface area contributed by atoms with Crippen molar-refractivity contribution in [3.05, 3.63) is 26.6 Å². The molecular weight excluding hydrogens is 412 g/mol. The predicted molar refractivity (Wildman–Crippen MR) is 61.5 cm³/mol. The lowest BCUT2D eigenvalue weighted by atomic mass is 10.2. The molecule has 0 unspecified atom stereocenters. The monoisotopic (exact) mass is 413 g/mol. The molecule has 106 valence electrons. The van der Waals surface area contributed by atoms with Gasteiger partial charge in [-0.1, -0.05) is 15.9 Å². The Morgan fingerprint density at radius 1 is 1.00 bits per heavy atom. The van der Waals surface area contributed by atoms with Crippen LogP contribution in [0.15, 0.2) is 21.1 Å². The van der Waals surface area contributed by atoms with Crippen LogP contribution >= 0.6 is 31.9 Å². The topological polar surface area (TPSA) is 29.1 Å². The SMILES string of the molecule is O=C(Nc1cc(C(F)(F)F)c(Br)cc1Br)C(F)(F)F. The van der Waals surface area contributed by atoms with E-state index in [1.165, 1.54) is 5.32 Å². The lowest BCUT2D eigenvalue weighted by Crippen LogP contribution is -2.30. The first-order valence-corrected chi connectivity index (χ1v) is 5.96. The molecule has 0 radical (unpaired) electrons. The number of halogens is 8. The highest BCUT2D eigenvalue weighted by Gasteiger charge is 2.40. The molecule has 0 bridgehead atoms. The van der Waals surface area contributed by atoms with E-state index in [4.69, 9.17) is 0 Å². The minimum atomic E-state index is -5.19. The highest BCUT2D eigenvalue weighted by atomic mass is 79.9. The minimum absolute atomic E-state index is 0.120. The van der Waals surface area contributed by atoms with Crippen molar-refractivity contribution in [2.45, 2.75) is 12.4 Å². The van der Waals surface area contributed by atoms with E-state index in [1.54, 1.807) is 0 Å². The second-order valence-electron chi connectivity index (χ2n) is 3.26. The Hall–Kier alpha value is -0.770. The molecule has 0 saturated heterocycles. The van der Waals surface area contributed by atoms with Crippen LogP contribution in [0.5, 0.6) is 0 Å². The number of rotatable bonds is 1. The molecule has 0 heterocycles. The van der Waals surface area contributed by atoms with E-state index in [0.717, 1.165) is 6.07 Å². The van der Waals surface area contributed by atoms with E-state index in [-0.39, 0.29) is 8.95 Å². The molecule has 10 heteroatoms. The Morgan fingerprint density at radius 2 is 1.53 bits per heavy atom. The maximum absolute atomic E-state index is 12.6. The molecule has 0 aliphatic heterocycles. The third-order valence-corrected chi connectivity index (χ3v) is 3.18. The first-order chi connectivity index (χ1) is 8.43. The molecule has 0 fully saturated rings. The molecule has 1 rings (SSSR count). The maximum atomic E-state index is 12.6. The third-order valence-electron chi connectivity index (χ3n) is 1.87. The van der Waals surface area contributed by atoms with Gasteiger partial charge in [-0.15, -0.1) is 0 Å². The van der Waals surface area contributed by atoms with Gasteiger partial charge in [0, 0.05) is 8.95 Å². The number of nitrogens with one attached hydrogen (secondary N) is 1. The average Bonchev–Trinajstić information content (AvgIpc) is 2.18. The number of carbonyl (C=O) groups excluding carboxylic acids is 1. The zero-order valence-electron chi connectivity index (χ0n) is 8.59. The zero-order valence-corrected chi connectivity index (χ0v) is 11.8. The molecule has 0 aromatic heterocycles. The molecule has 1 aromatic carbocycles. The first kappa shape index (κ1) is 16.3. The van der Waals surface area contributed by atoms with Crippen molar-refractivity contribution in [1.82, 2.24) is 0 Å². The number of amides is 1. The van der Waals surface area contributed by atoms with Gasteiger partial charge >= 0.3 is 18.3 Å². The molecule has 19 heavy (non-hydrogen) atoms. The lowest BCUT2D eigenvalue weighted by molar-refractivity contribution is -0.167. The molecule has 0 atom stereocenters. The fraction of sp³-hybridized carbons (Fsp3) is 0.222. The molecular formula is C9H3Br2F6NO. The number of carbonyl (C=O) groups is 1. The van der Waals surface area contributed by atoms with Crippen LogP contribution in [0.1, 0.15) is 5.56 Å². The summed E-state index contributed by atoms with van der Waals surface area (Å²) in [4.78, 5) is 10.7. The van der Waals surface area contributed by atoms with Crippen molar-refractivity contribution in [2.24, 2.45) is 0 Å². The van der Waals surface area contributed by atoms with Gasteiger partial charge in [0.05, 0.1) is 11.3 Å². The van der Waals surface area contributed by atoms with E-state index in [2.05, 4.69) is 31.9 Å². The summed E-state index contributed by atoms with van der Waals surface area (Å²) in [6.45, 7) is 0. The van der Waals surface area contributed by atoms with Crippen molar-refractivity contribution < 1.29 is 31.1 Å². The van der Waals surface area contributed by atoms with Gasteiger partial charge in [-0.3, -0.25) is 4.79 Å². The van der Waals surface area contributed by atoms with Crippen LogP contribution in [0.3, 0.4) is 0 Å². The van der Waals surface area contributed by atoms with Crippen molar-refractivity contribution in [1.29, 1.82) is 0 Å². The zero-order chi connectivity index (χ0) is 15.0. The summed E-state index contributed by atoms with van der Waals surface area (Å²) in [6.07, 6.45) is -9.96. The van der Waals surface area contributed by atoms with Crippen LogP contribution in [0.4, 0.5) is 32.0 Å². The van der Waals surface area contributed by atoms with Crippen molar-refractivity contribution in [3.63, 3.8) is 0 Å². The summed E-state index contributed by atoms with van der Waals surface area (Å²) >= 11 is 5.40. The molecule has 1 amide bonds. The number of anilines is 1. The quantitative estimate of drug-likeness (QED) is 0.661. The van der Waals surface area contributed by atoms with E-state index in [1.807, 2.05) is 0 Å². The molecule has 0 aliphatic rings. The maximum Gasteiger partial charge on any atom is 0.471 e. The van der Waals surface area contributed by atoms with E-state index in [0.29, 0.717) is 6.07 Å².